The van der Waals surface area contributed by atoms with Crippen molar-refractivity contribution >= 4 is 34.4 Å². The van der Waals surface area contributed by atoms with E-state index in [2.05, 4.69) is 27.9 Å². The predicted octanol–water partition coefficient (Wildman–Crippen LogP) is 4.05. The highest BCUT2D eigenvalue weighted by Gasteiger charge is 2.19. The first-order chi connectivity index (χ1) is 12.1. The van der Waals surface area contributed by atoms with Crippen LogP contribution in [0.1, 0.15) is 19.4 Å². The molecule has 0 spiro atoms. The fourth-order valence-electron chi connectivity index (χ4n) is 2.57. The van der Waals surface area contributed by atoms with Crippen LogP contribution in [0.3, 0.4) is 0 Å². The van der Waals surface area contributed by atoms with Crippen LogP contribution in [-0.4, -0.2) is 20.7 Å². The minimum Gasteiger partial charge on any atom is -0.325 e. The van der Waals surface area contributed by atoms with Crippen LogP contribution in [0.2, 0.25) is 0 Å². The number of carbonyl (C=O) groups is 1. The van der Waals surface area contributed by atoms with Gasteiger partial charge in [0.25, 0.3) is 0 Å². The molecule has 25 heavy (non-hydrogen) atoms. The van der Waals surface area contributed by atoms with E-state index in [0.29, 0.717) is 11.3 Å². The normalized spacial score (nSPS) is 11.9. The van der Waals surface area contributed by atoms with Gasteiger partial charge in [0.05, 0.1) is 27.9 Å². The van der Waals surface area contributed by atoms with Gasteiger partial charge in [-0.1, -0.05) is 30.0 Å². The number of nitriles is 1. The summed E-state index contributed by atoms with van der Waals surface area (Å²) in [4.78, 5) is 17.1. The molecule has 0 aliphatic heterocycles. The summed E-state index contributed by atoms with van der Waals surface area (Å²) in [6.45, 7) is 4.71. The van der Waals surface area contributed by atoms with Gasteiger partial charge in [-0.15, -0.1) is 0 Å². The maximum Gasteiger partial charge on any atom is 0.237 e. The third-order valence-electron chi connectivity index (χ3n) is 3.85. The second-order valence-electron chi connectivity index (χ2n) is 5.57. The molecule has 0 aliphatic carbocycles. The quantitative estimate of drug-likeness (QED) is 0.705. The molecule has 0 saturated carbocycles. The number of hydrogen-bond acceptors (Lipinski definition) is 4. The molecule has 1 N–H and O–H groups in total. The zero-order valence-corrected chi connectivity index (χ0v) is 14.9. The van der Waals surface area contributed by atoms with Crippen molar-refractivity contribution in [1.82, 2.24) is 9.55 Å². The second-order valence-corrected chi connectivity index (χ2v) is 6.88. The molecule has 1 heterocycles. The smallest absolute Gasteiger partial charge is 0.237 e. The van der Waals surface area contributed by atoms with Crippen LogP contribution in [-0.2, 0) is 11.3 Å². The molecule has 0 aliphatic rings. The van der Waals surface area contributed by atoms with E-state index in [4.69, 9.17) is 5.26 Å². The van der Waals surface area contributed by atoms with Gasteiger partial charge in [0.2, 0.25) is 5.91 Å². The van der Waals surface area contributed by atoms with E-state index < -0.39 is 0 Å². The van der Waals surface area contributed by atoms with Crippen LogP contribution >= 0.6 is 11.8 Å². The lowest BCUT2D eigenvalue weighted by molar-refractivity contribution is -0.115. The molecular weight excluding hydrogens is 332 g/mol. The summed E-state index contributed by atoms with van der Waals surface area (Å²) in [5.41, 5.74) is 3.15. The molecule has 6 heteroatoms. The van der Waals surface area contributed by atoms with Crippen molar-refractivity contribution in [3.8, 4) is 6.07 Å². The molecule has 0 unspecified atom stereocenters. The van der Waals surface area contributed by atoms with Gasteiger partial charge in [-0.2, -0.15) is 5.26 Å². The van der Waals surface area contributed by atoms with Crippen molar-refractivity contribution in [2.24, 2.45) is 0 Å². The number of thioether (sulfide) groups is 1. The summed E-state index contributed by atoms with van der Waals surface area (Å²) in [6.07, 6.45) is 0. The number of imidazole rings is 1. The molecule has 0 saturated heterocycles. The molecule has 1 aromatic heterocycles. The number of nitrogens with one attached hydrogen (secondary N) is 1. The van der Waals surface area contributed by atoms with Gasteiger partial charge in [0, 0.05) is 12.2 Å². The monoisotopic (exact) mass is 350 g/mol. The Bertz CT molecular complexity index is 957. The summed E-state index contributed by atoms with van der Waals surface area (Å²) < 4.78 is 2.11. The highest BCUT2D eigenvalue weighted by molar-refractivity contribution is 8.00. The third kappa shape index (κ3) is 3.67. The third-order valence-corrected chi connectivity index (χ3v) is 4.94. The van der Waals surface area contributed by atoms with Gasteiger partial charge in [-0.3, -0.25) is 4.79 Å². The Balaban J connectivity index is 1.76. The van der Waals surface area contributed by atoms with E-state index in [1.807, 2.05) is 31.2 Å². The molecule has 3 aromatic rings. The maximum atomic E-state index is 12.5. The molecule has 0 radical (unpaired) electrons. The fourth-order valence-corrected chi connectivity index (χ4v) is 3.56. The van der Waals surface area contributed by atoms with E-state index in [1.165, 1.54) is 11.8 Å². The summed E-state index contributed by atoms with van der Waals surface area (Å²) >= 11 is 1.43. The number of rotatable bonds is 5. The molecular formula is C19H18N4OS. The Morgan fingerprint density at radius 3 is 2.88 bits per heavy atom. The number of amides is 1. The van der Waals surface area contributed by atoms with Crippen LogP contribution in [0, 0.1) is 11.3 Å². The molecule has 2 aromatic carbocycles. The lowest BCUT2D eigenvalue weighted by Gasteiger charge is -2.12. The summed E-state index contributed by atoms with van der Waals surface area (Å²) in [5, 5.41) is 12.3. The lowest BCUT2D eigenvalue weighted by atomic mass is 10.2. The number of aryl methyl sites for hydroxylation is 1. The van der Waals surface area contributed by atoms with Crippen LogP contribution in [0.25, 0.3) is 11.0 Å². The van der Waals surface area contributed by atoms with Gasteiger partial charge in [-0.25, -0.2) is 4.98 Å². The minimum absolute atomic E-state index is 0.116. The number of hydrogen-bond donors (Lipinski definition) is 1. The van der Waals surface area contributed by atoms with E-state index in [9.17, 15) is 4.79 Å². The number of nitrogens with zero attached hydrogens (tertiary/aromatic N) is 3. The SMILES string of the molecule is CCn1c(S[C@H](C)C(=O)Nc2cccc(C#N)c2)nc2ccccc21. The first kappa shape index (κ1) is 17.1. The van der Waals surface area contributed by atoms with Crippen molar-refractivity contribution in [3.63, 3.8) is 0 Å². The van der Waals surface area contributed by atoms with E-state index in [1.54, 1.807) is 24.3 Å². The van der Waals surface area contributed by atoms with Gasteiger partial charge in [0.1, 0.15) is 0 Å². The molecule has 0 bridgehead atoms. The highest BCUT2D eigenvalue weighted by atomic mass is 32.2. The van der Waals surface area contributed by atoms with E-state index in [0.717, 1.165) is 22.7 Å². The Morgan fingerprint density at radius 1 is 1.32 bits per heavy atom. The Hall–Kier alpha value is -2.78. The number of benzene rings is 2. The first-order valence-corrected chi connectivity index (χ1v) is 8.93. The highest BCUT2D eigenvalue weighted by Crippen LogP contribution is 2.27. The largest absolute Gasteiger partial charge is 0.325 e. The summed E-state index contributed by atoms with van der Waals surface area (Å²) in [7, 11) is 0. The second kappa shape index (κ2) is 7.41. The van der Waals surface area contributed by atoms with Gasteiger partial charge < -0.3 is 9.88 Å². The summed E-state index contributed by atoms with van der Waals surface area (Å²) in [6, 6.07) is 16.9. The Morgan fingerprint density at radius 2 is 2.12 bits per heavy atom. The van der Waals surface area contributed by atoms with Crippen LogP contribution < -0.4 is 5.32 Å². The number of anilines is 1. The number of aromatic nitrogens is 2. The molecule has 1 amide bonds. The van der Waals surface area contributed by atoms with Gasteiger partial charge in [-0.05, 0) is 44.2 Å². The van der Waals surface area contributed by atoms with Crippen molar-refractivity contribution in [1.29, 1.82) is 5.26 Å². The standard InChI is InChI=1S/C19H18N4OS/c1-3-23-17-10-5-4-9-16(17)22-19(23)25-13(2)18(24)21-15-8-6-7-14(11-15)12-20/h4-11,13H,3H2,1-2H3,(H,21,24)/t13-/m1/s1. The number of fused-ring (bicyclic) bond motifs is 1. The van der Waals surface area contributed by atoms with E-state index >= 15 is 0 Å². The van der Waals surface area contributed by atoms with Crippen molar-refractivity contribution in [2.75, 3.05) is 5.32 Å². The Kier molecular flexibility index (Phi) is 5.05. The van der Waals surface area contributed by atoms with Crippen molar-refractivity contribution in [3.05, 3.63) is 54.1 Å². The Labute approximate surface area is 150 Å². The molecule has 0 fully saturated rings. The molecule has 1 atom stereocenters. The lowest BCUT2D eigenvalue weighted by Crippen LogP contribution is -2.23. The first-order valence-electron chi connectivity index (χ1n) is 8.05. The number of carbonyl (C=O) groups excluding carboxylic acids is 1. The van der Waals surface area contributed by atoms with Crippen LogP contribution in [0.5, 0.6) is 0 Å². The summed E-state index contributed by atoms with van der Waals surface area (Å²) in [5.74, 6) is -0.116. The number of para-hydroxylation sites is 2. The van der Waals surface area contributed by atoms with Crippen LogP contribution in [0.4, 0.5) is 5.69 Å². The molecule has 126 valence electrons. The molecule has 3 rings (SSSR count). The topological polar surface area (TPSA) is 70.7 Å². The fraction of sp³-hybridized carbons (Fsp3) is 0.211. The minimum atomic E-state index is -0.312. The van der Waals surface area contributed by atoms with Crippen molar-refractivity contribution in [2.45, 2.75) is 30.8 Å². The van der Waals surface area contributed by atoms with Gasteiger partial charge >= 0.3 is 0 Å². The van der Waals surface area contributed by atoms with Crippen LogP contribution in [0.15, 0.2) is 53.7 Å². The van der Waals surface area contributed by atoms with Gasteiger partial charge in [0.15, 0.2) is 5.16 Å². The molecule has 5 nitrogen and oxygen atoms in total. The van der Waals surface area contributed by atoms with Crippen molar-refractivity contribution < 1.29 is 4.79 Å². The average Bonchev–Trinajstić information content (AvgIpc) is 2.98. The maximum absolute atomic E-state index is 12.5. The zero-order chi connectivity index (χ0) is 17.8. The average molecular weight is 350 g/mol. The predicted molar refractivity (Wildman–Crippen MR) is 101 cm³/mol. The zero-order valence-electron chi connectivity index (χ0n) is 14.1. The van der Waals surface area contributed by atoms with E-state index in [-0.39, 0.29) is 11.2 Å².